The second-order valence-electron chi connectivity index (χ2n) is 4.09. The van der Waals surface area contributed by atoms with Gasteiger partial charge in [-0.2, -0.15) is 0 Å². The maximum Gasteiger partial charge on any atom is 0.358 e. The van der Waals surface area contributed by atoms with Crippen LogP contribution < -0.4 is 0 Å². The van der Waals surface area contributed by atoms with E-state index in [9.17, 15) is 4.79 Å². The molecule has 100 valence electrons. The summed E-state index contributed by atoms with van der Waals surface area (Å²) in [6.45, 7) is 0.229. The van der Waals surface area contributed by atoms with Gasteiger partial charge in [0, 0.05) is 5.56 Å². The fourth-order valence-electron chi connectivity index (χ4n) is 1.73. The van der Waals surface area contributed by atoms with Crippen LogP contribution in [-0.2, 0) is 6.54 Å². The third-order valence-corrected chi connectivity index (χ3v) is 2.67. The number of hydrogen-bond acceptors (Lipinski definition) is 5. The van der Waals surface area contributed by atoms with Gasteiger partial charge in [-0.05, 0) is 0 Å². The van der Waals surface area contributed by atoms with E-state index in [-0.39, 0.29) is 12.2 Å². The predicted octanol–water partition coefficient (Wildman–Crippen LogP) is 1.68. The first-order valence-electron chi connectivity index (χ1n) is 5.86. The minimum Gasteiger partial charge on any atom is -0.476 e. The first-order valence-corrected chi connectivity index (χ1v) is 5.86. The second-order valence-corrected chi connectivity index (χ2v) is 4.09. The monoisotopic (exact) mass is 270 g/mol. The van der Waals surface area contributed by atoms with Crippen molar-refractivity contribution >= 4 is 5.97 Å². The van der Waals surface area contributed by atoms with E-state index >= 15 is 0 Å². The molecule has 0 atom stereocenters. The van der Waals surface area contributed by atoms with Gasteiger partial charge in [-0.15, -0.1) is 5.10 Å². The number of nitrogens with zero attached hydrogens (tertiary/aromatic N) is 4. The summed E-state index contributed by atoms with van der Waals surface area (Å²) in [5.74, 6) is -0.0292. The van der Waals surface area contributed by atoms with Gasteiger partial charge in [-0.1, -0.05) is 35.5 Å². The number of carboxylic acids is 1. The van der Waals surface area contributed by atoms with Crippen molar-refractivity contribution in [2.45, 2.75) is 6.54 Å². The number of carbonyl (C=O) groups is 1. The Hall–Kier alpha value is -2.96. The summed E-state index contributed by atoms with van der Waals surface area (Å²) in [5, 5.41) is 16.0. The van der Waals surface area contributed by atoms with E-state index in [4.69, 9.17) is 9.52 Å². The molecular weight excluding hydrogens is 260 g/mol. The zero-order valence-electron chi connectivity index (χ0n) is 10.3. The highest BCUT2D eigenvalue weighted by atomic mass is 16.4. The van der Waals surface area contributed by atoms with Gasteiger partial charge in [0.15, 0.2) is 11.5 Å². The average Bonchev–Trinajstić information content (AvgIpc) is 3.10. The number of aromatic carboxylic acids is 1. The number of aromatic nitrogens is 4. The molecule has 0 unspecified atom stereocenters. The second kappa shape index (κ2) is 4.96. The van der Waals surface area contributed by atoms with Gasteiger partial charge in [0.05, 0.1) is 12.4 Å². The summed E-state index contributed by atoms with van der Waals surface area (Å²) in [6.07, 6.45) is 2.95. The van der Waals surface area contributed by atoms with Crippen LogP contribution in [-0.4, -0.2) is 31.1 Å². The molecule has 3 aromatic rings. The molecule has 0 aliphatic carbocycles. The molecule has 1 N–H and O–H groups in total. The summed E-state index contributed by atoms with van der Waals surface area (Å²) in [6, 6.07) is 9.58. The number of carboxylic acid groups (broad SMARTS) is 1. The standard InChI is InChI=1S/C13H10N4O3/c18-13(19)10-7-17(16-15-10)8-12-14-6-11(20-12)9-4-2-1-3-5-9/h1-7H,8H2,(H,18,19). The Morgan fingerprint density at radius 1 is 1.30 bits per heavy atom. The molecule has 2 aromatic heterocycles. The SMILES string of the molecule is O=C(O)c1cn(Cc2ncc(-c3ccccc3)o2)nn1. The molecule has 7 heteroatoms. The third kappa shape index (κ3) is 2.41. The number of hydrogen-bond donors (Lipinski definition) is 1. The molecule has 0 saturated heterocycles. The molecule has 0 saturated carbocycles. The molecule has 3 rings (SSSR count). The lowest BCUT2D eigenvalue weighted by Gasteiger charge is -1.96. The smallest absolute Gasteiger partial charge is 0.358 e. The molecule has 0 bridgehead atoms. The van der Waals surface area contributed by atoms with Crippen LogP contribution in [0.3, 0.4) is 0 Å². The highest BCUT2D eigenvalue weighted by Crippen LogP contribution is 2.19. The van der Waals surface area contributed by atoms with Crippen LogP contribution in [0, 0.1) is 0 Å². The normalized spacial score (nSPS) is 10.6. The van der Waals surface area contributed by atoms with E-state index in [1.54, 1.807) is 6.20 Å². The lowest BCUT2D eigenvalue weighted by molar-refractivity contribution is 0.0690. The molecule has 2 heterocycles. The van der Waals surface area contributed by atoms with E-state index < -0.39 is 5.97 Å². The fraction of sp³-hybridized carbons (Fsp3) is 0.0769. The van der Waals surface area contributed by atoms with Crippen LogP contribution in [0.1, 0.15) is 16.4 Å². The molecule has 7 nitrogen and oxygen atoms in total. The molecule has 0 aliphatic rings. The molecular formula is C13H10N4O3. The largest absolute Gasteiger partial charge is 0.476 e. The zero-order chi connectivity index (χ0) is 13.9. The van der Waals surface area contributed by atoms with E-state index in [0.717, 1.165) is 5.56 Å². The summed E-state index contributed by atoms with van der Waals surface area (Å²) in [5.41, 5.74) is 0.816. The van der Waals surface area contributed by atoms with Crippen molar-refractivity contribution in [3.8, 4) is 11.3 Å². The zero-order valence-corrected chi connectivity index (χ0v) is 10.3. The Morgan fingerprint density at radius 2 is 2.10 bits per heavy atom. The molecule has 0 spiro atoms. The van der Waals surface area contributed by atoms with Crippen molar-refractivity contribution in [2.24, 2.45) is 0 Å². The Bertz CT molecular complexity index is 733. The van der Waals surface area contributed by atoms with Crippen LogP contribution >= 0.6 is 0 Å². The van der Waals surface area contributed by atoms with E-state index in [1.165, 1.54) is 10.9 Å². The minimum absolute atomic E-state index is 0.111. The average molecular weight is 270 g/mol. The third-order valence-electron chi connectivity index (χ3n) is 2.67. The predicted molar refractivity (Wildman–Crippen MR) is 68.0 cm³/mol. The number of oxazole rings is 1. The van der Waals surface area contributed by atoms with Crippen molar-refractivity contribution in [3.05, 3.63) is 54.3 Å². The summed E-state index contributed by atoms with van der Waals surface area (Å²) < 4.78 is 6.96. The highest BCUT2D eigenvalue weighted by Gasteiger charge is 2.11. The first-order chi connectivity index (χ1) is 9.72. The number of benzene rings is 1. The van der Waals surface area contributed by atoms with Gasteiger partial charge in [0.2, 0.25) is 5.89 Å². The van der Waals surface area contributed by atoms with Crippen molar-refractivity contribution < 1.29 is 14.3 Å². The van der Waals surface area contributed by atoms with Crippen molar-refractivity contribution in [3.63, 3.8) is 0 Å². The van der Waals surface area contributed by atoms with Crippen LogP contribution in [0.5, 0.6) is 0 Å². The van der Waals surface area contributed by atoms with Gasteiger partial charge in [-0.25, -0.2) is 14.5 Å². The maximum atomic E-state index is 10.7. The quantitative estimate of drug-likeness (QED) is 0.775. The van der Waals surface area contributed by atoms with Crippen molar-refractivity contribution in [1.29, 1.82) is 0 Å². The summed E-state index contributed by atoms with van der Waals surface area (Å²) >= 11 is 0. The van der Waals surface area contributed by atoms with Crippen LogP contribution in [0.4, 0.5) is 0 Å². The van der Waals surface area contributed by atoms with Crippen molar-refractivity contribution in [2.75, 3.05) is 0 Å². The van der Waals surface area contributed by atoms with Crippen LogP contribution in [0.25, 0.3) is 11.3 Å². The van der Waals surface area contributed by atoms with Gasteiger partial charge in [0.1, 0.15) is 6.54 Å². The minimum atomic E-state index is -1.12. The van der Waals surface area contributed by atoms with Gasteiger partial charge in [-0.3, -0.25) is 0 Å². The molecule has 1 aromatic carbocycles. The molecule has 20 heavy (non-hydrogen) atoms. The Morgan fingerprint density at radius 3 is 2.80 bits per heavy atom. The van der Waals surface area contributed by atoms with Crippen LogP contribution in [0.2, 0.25) is 0 Å². The topological polar surface area (TPSA) is 94.0 Å². The highest BCUT2D eigenvalue weighted by molar-refractivity contribution is 5.84. The van der Waals surface area contributed by atoms with Crippen LogP contribution in [0.15, 0.2) is 47.1 Å². The Balaban J connectivity index is 1.78. The Kier molecular flexibility index (Phi) is 3.00. The Labute approximate surface area is 113 Å². The summed E-state index contributed by atoms with van der Waals surface area (Å²) in [4.78, 5) is 14.8. The lowest BCUT2D eigenvalue weighted by Crippen LogP contribution is -2.00. The fourth-order valence-corrected chi connectivity index (χ4v) is 1.73. The number of rotatable bonds is 4. The van der Waals surface area contributed by atoms with Crippen molar-refractivity contribution in [1.82, 2.24) is 20.0 Å². The van der Waals surface area contributed by atoms with Gasteiger partial charge >= 0.3 is 5.97 Å². The summed E-state index contributed by atoms with van der Waals surface area (Å²) in [7, 11) is 0. The van der Waals surface area contributed by atoms with E-state index in [1.807, 2.05) is 30.3 Å². The van der Waals surface area contributed by atoms with E-state index in [2.05, 4.69) is 15.3 Å². The van der Waals surface area contributed by atoms with E-state index in [0.29, 0.717) is 11.7 Å². The molecule has 0 aliphatic heterocycles. The lowest BCUT2D eigenvalue weighted by atomic mass is 10.2. The first kappa shape index (κ1) is 12.1. The molecule has 0 amide bonds. The maximum absolute atomic E-state index is 10.7. The van der Waals surface area contributed by atoms with Gasteiger partial charge < -0.3 is 9.52 Å². The molecule has 0 radical (unpaired) electrons. The van der Waals surface area contributed by atoms with Gasteiger partial charge in [0.25, 0.3) is 0 Å². The molecule has 0 fully saturated rings.